The van der Waals surface area contributed by atoms with Crippen LogP contribution in [0.4, 0.5) is 11.4 Å². The summed E-state index contributed by atoms with van der Waals surface area (Å²) in [6.07, 6.45) is 2.40. The number of thiophene rings is 2. The van der Waals surface area contributed by atoms with Crippen LogP contribution in [0.25, 0.3) is 22.3 Å². The minimum atomic E-state index is -0.939. The third-order valence-corrected chi connectivity index (χ3v) is 13.6. The molecular formula is C45H52N6O6S3. The van der Waals surface area contributed by atoms with Gasteiger partial charge in [-0.15, -0.1) is 0 Å². The van der Waals surface area contributed by atoms with E-state index in [4.69, 9.17) is 9.05 Å². The highest BCUT2D eigenvalue weighted by Crippen LogP contribution is 2.50. The van der Waals surface area contributed by atoms with Gasteiger partial charge in [0, 0.05) is 59.8 Å². The number of β-amino-alcohol motifs (C(OH)–C–C–N with tert-alkyl or cyclic N) is 2. The van der Waals surface area contributed by atoms with E-state index in [9.17, 15) is 19.8 Å². The first-order valence-electron chi connectivity index (χ1n) is 19.7. The maximum absolute atomic E-state index is 13.5. The molecular weight excluding hydrogens is 817 g/mol. The Morgan fingerprint density at radius 3 is 1.43 bits per heavy atom. The number of likely N-dealkylation sites (tertiary alicyclic amines) is 2. The van der Waals surface area contributed by atoms with Crippen molar-refractivity contribution in [2.45, 2.75) is 84.1 Å². The fourth-order valence-corrected chi connectivity index (χ4v) is 11.1. The van der Waals surface area contributed by atoms with Crippen molar-refractivity contribution in [1.82, 2.24) is 20.1 Å². The van der Waals surface area contributed by atoms with Gasteiger partial charge in [0.15, 0.2) is 11.1 Å². The van der Waals surface area contributed by atoms with Gasteiger partial charge < -0.3 is 29.9 Å². The van der Waals surface area contributed by atoms with Crippen LogP contribution >= 0.6 is 36.2 Å². The summed E-state index contributed by atoms with van der Waals surface area (Å²) in [4.78, 5) is 31.3. The Morgan fingerprint density at radius 2 is 1.10 bits per heavy atom. The summed E-state index contributed by atoms with van der Waals surface area (Å²) in [7, 11) is 0. The van der Waals surface area contributed by atoms with Gasteiger partial charge in [0.05, 0.1) is 23.6 Å². The monoisotopic (exact) mass is 868 g/mol. The second kappa shape index (κ2) is 17.0. The highest BCUT2D eigenvalue weighted by atomic mass is 32.1. The van der Waals surface area contributed by atoms with Crippen LogP contribution in [0.15, 0.2) is 79.1 Å². The van der Waals surface area contributed by atoms with Crippen molar-refractivity contribution < 1.29 is 28.8 Å². The van der Waals surface area contributed by atoms with E-state index < -0.39 is 23.3 Å². The zero-order valence-corrected chi connectivity index (χ0v) is 36.0. The summed E-state index contributed by atoms with van der Waals surface area (Å²) in [5, 5.41) is 43.2. The normalized spacial score (nSPS) is 23.7. The molecule has 4 atom stereocenters. The number of nitrogens with zero attached hydrogens (tertiary/aromatic N) is 4. The molecule has 10 rings (SSSR count). The third kappa shape index (κ3) is 6.93. The van der Waals surface area contributed by atoms with Crippen molar-refractivity contribution in [1.29, 1.82) is 0 Å². The van der Waals surface area contributed by atoms with E-state index in [2.05, 4.69) is 42.9 Å². The van der Waals surface area contributed by atoms with Crippen LogP contribution in [0.5, 0.6) is 0 Å². The Kier molecular flexibility index (Phi) is 12.3. The van der Waals surface area contributed by atoms with E-state index in [1.807, 2.05) is 85.6 Å². The summed E-state index contributed by atoms with van der Waals surface area (Å²) in [5.41, 5.74) is 9.04. The van der Waals surface area contributed by atoms with Gasteiger partial charge in [-0.2, -0.15) is 36.2 Å². The van der Waals surface area contributed by atoms with E-state index >= 15 is 0 Å². The Labute approximate surface area is 365 Å². The molecule has 0 spiro atoms. The molecule has 0 radical (unpaired) electrons. The van der Waals surface area contributed by atoms with Crippen LogP contribution in [0.2, 0.25) is 0 Å². The first-order chi connectivity index (χ1) is 28.0. The van der Waals surface area contributed by atoms with Crippen LogP contribution < -0.4 is 10.6 Å². The van der Waals surface area contributed by atoms with Gasteiger partial charge in [0.25, 0.3) is 11.8 Å². The fourth-order valence-electron chi connectivity index (χ4n) is 9.70. The van der Waals surface area contributed by atoms with Crippen molar-refractivity contribution in [3.63, 3.8) is 0 Å². The van der Waals surface area contributed by atoms with Crippen LogP contribution in [0, 0.1) is 27.7 Å². The number of aliphatic hydroxyl groups is 2. The molecule has 2 aromatic carbocycles. The molecule has 12 nitrogen and oxygen atoms in total. The van der Waals surface area contributed by atoms with E-state index in [0.717, 1.165) is 118 Å². The minimum Gasteiger partial charge on any atom is -0.392 e. The summed E-state index contributed by atoms with van der Waals surface area (Å²) < 4.78 is 10.7. The number of benzene rings is 2. The third-order valence-electron chi connectivity index (χ3n) is 12.2. The molecule has 4 N–H and O–H groups in total. The fraction of sp³-hybridized carbons (Fsp3) is 0.378. The second-order valence-electron chi connectivity index (χ2n) is 15.8. The molecule has 0 bridgehead atoms. The highest BCUT2D eigenvalue weighted by molar-refractivity contribution is 7.59. The number of aliphatic hydroxyl groups excluding tert-OH is 2. The maximum atomic E-state index is 13.5. The Hall–Kier alpha value is -4.61. The van der Waals surface area contributed by atoms with Crippen molar-refractivity contribution >= 4 is 59.4 Å². The second-order valence-corrected chi connectivity index (χ2v) is 17.3. The molecule has 2 saturated heterocycles. The number of carbonyl (C=O) groups excluding carboxylic acids is 2. The van der Waals surface area contributed by atoms with E-state index in [-0.39, 0.29) is 32.7 Å². The lowest BCUT2D eigenvalue weighted by atomic mass is 9.81. The quantitative estimate of drug-likeness (QED) is 0.129. The van der Waals surface area contributed by atoms with E-state index in [1.54, 1.807) is 22.7 Å². The van der Waals surface area contributed by atoms with E-state index in [0.29, 0.717) is 13.1 Å². The molecule has 2 amide bonds. The lowest BCUT2D eigenvalue weighted by Crippen LogP contribution is -2.56. The summed E-state index contributed by atoms with van der Waals surface area (Å²) >= 11 is 3.16. The zero-order chi connectivity index (χ0) is 40.3. The van der Waals surface area contributed by atoms with Gasteiger partial charge >= 0.3 is 0 Å². The molecule has 4 aliphatic rings. The van der Waals surface area contributed by atoms with Gasteiger partial charge in [-0.3, -0.25) is 19.4 Å². The van der Waals surface area contributed by atoms with Gasteiger partial charge in [0.1, 0.15) is 11.5 Å². The number of anilines is 2. The van der Waals surface area contributed by atoms with Crippen LogP contribution in [-0.2, 0) is 20.7 Å². The SMILES string of the molecule is C.Cc1noc(C)c1-c1ccc2c(c1)C(c1ccsc1)(N1CCC[C@H](O)C1)C(=O)N2.Cc1noc(C)c1-c1ccc2c(c1)C(c1ccsc1)(N1CCC[C@H](O)C1)C(=O)N2.S. The zero-order valence-electron chi connectivity index (χ0n) is 33.4. The maximum Gasteiger partial charge on any atom is 0.254 e. The molecule has 2 unspecified atom stereocenters. The van der Waals surface area contributed by atoms with Gasteiger partial charge in [0.2, 0.25) is 0 Å². The number of fused-ring (bicyclic) bond motifs is 2. The summed E-state index contributed by atoms with van der Waals surface area (Å²) in [6.45, 7) is 10.1. The smallest absolute Gasteiger partial charge is 0.254 e. The van der Waals surface area contributed by atoms with Crippen molar-refractivity contribution in [2.75, 3.05) is 36.8 Å². The van der Waals surface area contributed by atoms with Gasteiger partial charge in [-0.05, 0) is 134 Å². The molecule has 0 aliphatic carbocycles. The van der Waals surface area contributed by atoms with Crippen LogP contribution in [-0.4, -0.2) is 80.5 Å². The first-order valence-corrected chi connectivity index (χ1v) is 21.6. The van der Waals surface area contributed by atoms with Crippen molar-refractivity contribution in [3.05, 3.63) is 115 Å². The Bertz CT molecular complexity index is 2290. The number of nitrogens with one attached hydrogen (secondary N) is 2. The minimum absolute atomic E-state index is 0. The largest absolute Gasteiger partial charge is 0.392 e. The predicted octanol–water partition coefficient (Wildman–Crippen LogP) is 8.09. The molecule has 6 aromatic rings. The molecule has 60 heavy (non-hydrogen) atoms. The van der Waals surface area contributed by atoms with Gasteiger partial charge in [-0.25, -0.2) is 0 Å². The van der Waals surface area contributed by atoms with E-state index in [1.165, 1.54) is 0 Å². The lowest BCUT2D eigenvalue weighted by molar-refractivity contribution is -0.128. The molecule has 0 saturated carbocycles. The average molecular weight is 869 g/mol. The topological polar surface area (TPSA) is 157 Å². The number of carbonyl (C=O) groups is 2. The molecule has 8 heterocycles. The summed E-state index contributed by atoms with van der Waals surface area (Å²) in [6, 6.07) is 16.1. The number of piperidine rings is 2. The Balaban J connectivity index is 0.000000176. The number of rotatable bonds is 6. The number of aryl methyl sites for hydroxylation is 4. The summed E-state index contributed by atoms with van der Waals surface area (Å²) in [5.74, 6) is 1.40. The Morgan fingerprint density at radius 1 is 0.683 bits per heavy atom. The van der Waals surface area contributed by atoms with Gasteiger partial charge in [-0.1, -0.05) is 29.9 Å². The number of hydrogen-bond donors (Lipinski definition) is 4. The number of aromatic nitrogens is 2. The number of amides is 2. The molecule has 316 valence electrons. The van der Waals surface area contributed by atoms with Crippen LogP contribution in [0.1, 0.15) is 78.3 Å². The van der Waals surface area contributed by atoms with Crippen LogP contribution in [0.3, 0.4) is 0 Å². The standard InChI is InChI=1S/2C22H23N3O3S.CH4.H2S/c2*1-13-20(14(2)28-24-13)15-5-6-19-18(10-15)22(21(27)23-19,16-7-9-29-12-16)25-8-3-4-17(26)11-25;;/h2*5-7,9-10,12,17,26H,3-4,8,11H2,1-2H3,(H,23,27);1H4;1H2/t2*17-,22?;;/m00../s1. The molecule has 4 aliphatic heterocycles. The van der Waals surface area contributed by atoms with Crippen molar-refractivity contribution in [3.8, 4) is 22.3 Å². The highest BCUT2D eigenvalue weighted by Gasteiger charge is 2.55. The van der Waals surface area contributed by atoms with Crippen molar-refractivity contribution in [2.24, 2.45) is 0 Å². The molecule has 4 aromatic heterocycles. The predicted molar refractivity (Wildman–Crippen MR) is 241 cm³/mol. The molecule has 15 heteroatoms. The molecule has 2 fully saturated rings. The average Bonchev–Trinajstić information content (AvgIpc) is 4.07. The number of hydrogen-bond acceptors (Lipinski definition) is 12. The first kappa shape index (κ1) is 43.5. The lowest BCUT2D eigenvalue weighted by Gasteiger charge is -2.43.